The third kappa shape index (κ3) is 4.25. The molecule has 0 saturated heterocycles. The van der Waals surface area contributed by atoms with Crippen molar-refractivity contribution in [3.63, 3.8) is 0 Å². The average molecular weight is 236 g/mol. The molecule has 1 atom stereocenters. The molecule has 0 aromatic carbocycles. The van der Waals surface area contributed by atoms with Crippen LogP contribution in [0.4, 0.5) is 10.5 Å². The largest absolute Gasteiger partial charge is 0.480 e. The topological polar surface area (TPSA) is 96.3 Å². The van der Waals surface area contributed by atoms with E-state index in [1.54, 1.807) is 6.92 Å². The summed E-state index contributed by atoms with van der Waals surface area (Å²) in [5.74, 6) is 1.33. The van der Waals surface area contributed by atoms with E-state index in [1.807, 2.05) is 0 Å². The summed E-state index contributed by atoms with van der Waals surface area (Å²) in [6.45, 7) is 1.40. The normalized spacial score (nSPS) is 11.3. The van der Waals surface area contributed by atoms with Crippen LogP contribution in [0.1, 0.15) is 6.92 Å². The summed E-state index contributed by atoms with van der Waals surface area (Å²) in [6, 6.07) is -0.852. The first kappa shape index (κ1) is 12.6. The van der Waals surface area contributed by atoms with Crippen molar-refractivity contribution in [3.05, 3.63) is 12.4 Å². The molecule has 0 radical (unpaired) electrons. The molecule has 1 unspecified atom stereocenters. The molecule has 0 bridgehead atoms. The van der Waals surface area contributed by atoms with Gasteiger partial charge in [0.2, 0.25) is 0 Å². The van der Waals surface area contributed by atoms with Crippen LogP contribution in [0.2, 0.25) is 0 Å². The zero-order valence-corrected chi connectivity index (χ0v) is 9.17. The van der Waals surface area contributed by atoms with Crippen LogP contribution >= 0.6 is 0 Å². The van der Waals surface area contributed by atoms with Gasteiger partial charge in [0.25, 0.3) is 0 Å². The smallest absolute Gasteiger partial charge is 0.325 e. The van der Waals surface area contributed by atoms with Crippen LogP contribution in [0, 0.1) is 12.3 Å². The maximum absolute atomic E-state index is 11.3. The molecule has 0 saturated carbocycles. The Balaban J connectivity index is 2.52. The third-order valence-electron chi connectivity index (χ3n) is 1.79. The summed E-state index contributed by atoms with van der Waals surface area (Å²) < 4.78 is 1.20. The van der Waals surface area contributed by atoms with Crippen molar-refractivity contribution < 1.29 is 14.7 Å². The Hall–Kier alpha value is -2.49. The molecule has 1 aromatic heterocycles. The number of rotatable bonds is 4. The van der Waals surface area contributed by atoms with Gasteiger partial charge in [-0.3, -0.25) is 9.48 Å². The van der Waals surface area contributed by atoms with Crippen LogP contribution in [-0.2, 0) is 11.3 Å². The van der Waals surface area contributed by atoms with E-state index in [-0.39, 0.29) is 12.6 Å². The van der Waals surface area contributed by atoms with Crippen molar-refractivity contribution in [2.45, 2.75) is 19.5 Å². The first-order chi connectivity index (χ1) is 8.01. The monoisotopic (exact) mass is 236 g/mol. The van der Waals surface area contributed by atoms with E-state index in [1.165, 1.54) is 17.1 Å². The number of anilines is 1. The molecule has 3 N–H and O–H groups in total. The summed E-state index contributed by atoms with van der Waals surface area (Å²) in [7, 11) is 0. The molecule has 0 fully saturated rings. The maximum Gasteiger partial charge on any atom is 0.325 e. The van der Waals surface area contributed by atoms with Gasteiger partial charge in [-0.2, -0.15) is 5.10 Å². The molecule has 17 heavy (non-hydrogen) atoms. The first-order valence-corrected chi connectivity index (χ1v) is 4.79. The molecule has 0 aliphatic rings. The molecule has 0 aliphatic heterocycles. The average Bonchev–Trinajstić information content (AvgIpc) is 2.63. The highest BCUT2D eigenvalue weighted by atomic mass is 16.4. The van der Waals surface area contributed by atoms with Crippen molar-refractivity contribution in [3.8, 4) is 12.3 Å². The number of nitrogens with zero attached hydrogens (tertiary/aromatic N) is 2. The summed E-state index contributed by atoms with van der Waals surface area (Å²) >= 11 is 0. The van der Waals surface area contributed by atoms with E-state index in [4.69, 9.17) is 11.5 Å². The van der Waals surface area contributed by atoms with E-state index in [0.717, 1.165) is 0 Å². The lowest BCUT2D eigenvalue weighted by atomic mass is 10.4. The highest BCUT2D eigenvalue weighted by Gasteiger charge is 2.07. The summed E-state index contributed by atoms with van der Waals surface area (Å²) in [5.41, 5.74) is 0.396. The van der Waals surface area contributed by atoms with Crippen molar-refractivity contribution in [1.82, 2.24) is 15.1 Å². The number of terminal acetylenes is 1. The molecular weight excluding hydrogens is 224 g/mol. The van der Waals surface area contributed by atoms with Crippen molar-refractivity contribution in [2.75, 3.05) is 5.32 Å². The van der Waals surface area contributed by atoms with Gasteiger partial charge >= 0.3 is 12.0 Å². The van der Waals surface area contributed by atoms with Gasteiger partial charge in [-0.05, 0) is 6.92 Å². The van der Waals surface area contributed by atoms with Gasteiger partial charge in [0, 0.05) is 6.20 Å². The Morgan fingerprint density at radius 1 is 1.71 bits per heavy atom. The van der Waals surface area contributed by atoms with Crippen LogP contribution < -0.4 is 10.6 Å². The SMILES string of the molecule is C#CC(C)NC(=O)Nc1cnn(CC(=O)O)c1. The Kier molecular flexibility index (Phi) is 4.11. The van der Waals surface area contributed by atoms with Crippen molar-refractivity contribution in [1.29, 1.82) is 0 Å². The standard InChI is InChI=1S/C10H12N4O3/c1-3-7(2)12-10(17)13-8-4-11-14(5-8)6-9(15)16/h1,4-5,7H,6H2,2H3,(H,15,16)(H2,12,13,17). The van der Waals surface area contributed by atoms with E-state index >= 15 is 0 Å². The lowest BCUT2D eigenvalue weighted by Gasteiger charge is -2.07. The molecule has 7 nitrogen and oxygen atoms in total. The minimum Gasteiger partial charge on any atom is -0.480 e. The number of carbonyl (C=O) groups is 2. The van der Waals surface area contributed by atoms with E-state index in [9.17, 15) is 9.59 Å². The van der Waals surface area contributed by atoms with Crippen molar-refractivity contribution in [2.24, 2.45) is 0 Å². The van der Waals surface area contributed by atoms with Gasteiger partial charge in [0.1, 0.15) is 6.54 Å². The van der Waals surface area contributed by atoms with Gasteiger partial charge in [-0.1, -0.05) is 5.92 Å². The fourth-order valence-electron chi connectivity index (χ4n) is 1.06. The fourth-order valence-corrected chi connectivity index (χ4v) is 1.06. The Labute approximate surface area is 97.8 Å². The summed E-state index contributed by atoms with van der Waals surface area (Å²) in [5, 5.41) is 17.3. The van der Waals surface area contributed by atoms with Crippen LogP contribution in [0.5, 0.6) is 0 Å². The van der Waals surface area contributed by atoms with E-state index in [0.29, 0.717) is 5.69 Å². The molecule has 90 valence electrons. The second-order valence-corrected chi connectivity index (χ2v) is 3.31. The third-order valence-corrected chi connectivity index (χ3v) is 1.79. The number of amides is 2. The van der Waals surface area contributed by atoms with Gasteiger partial charge in [0.05, 0.1) is 17.9 Å². The number of hydrogen-bond acceptors (Lipinski definition) is 3. The van der Waals surface area contributed by atoms with Gasteiger partial charge in [-0.25, -0.2) is 4.79 Å². The summed E-state index contributed by atoms with van der Waals surface area (Å²) in [4.78, 5) is 21.7. The molecule has 1 heterocycles. The van der Waals surface area contributed by atoms with Crippen LogP contribution in [0.15, 0.2) is 12.4 Å². The number of aliphatic carboxylic acids is 1. The lowest BCUT2D eigenvalue weighted by Crippen LogP contribution is -2.35. The highest BCUT2D eigenvalue weighted by Crippen LogP contribution is 2.04. The number of carboxylic acid groups (broad SMARTS) is 1. The minimum absolute atomic E-state index is 0.260. The fraction of sp³-hybridized carbons (Fsp3) is 0.300. The molecule has 1 rings (SSSR count). The molecular formula is C10H12N4O3. The predicted molar refractivity (Wildman–Crippen MR) is 60.3 cm³/mol. The number of carboxylic acids is 1. The highest BCUT2D eigenvalue weighted by molar-refractivity contribution is 5.89. The van der Waals surface area contributed by atoms with Gasteiger partial charge in [0.15, 0.2) is 0 Å². The van der Waals surface area contributed by atoms with E-state index < -0.39 is 12.0 Å². The summed E-state index contributed by atoms with van der Waals surface area (Å²) in [6.07, 6.45) is 7.86. The molecule has 0 aliphatic carbocycles. The molecule has 1 aromatic rings. The number of nitrogens with one attached hydrogen (secondary N) is 2. The van der Waals surface area contributed by atoms with Gasteiger partial charge < -0.3 is 15.7 Å². The number of hydrogen-bond donors (Lipinski definition) is 3. The molecule has 2 amide bonds. The Bertz CT molecular complexity index is 460. The minimum atomic E-state index is -1.01. The van der Waals surface area contributed by atoms with Crippen LogP contribution in [0.25, 0.3) is 0 Å². The molecule has 7 heteroatoms. The van der Waals surface area contributed by atoms with Gasteiger partial charge in [-0.15, -0.1) is 6.42 Å². The van der Waals surface area contributed by atoms with Crippen LogP contribution in [-0.4, -0.2) is 32.9 Å². The Morgan fingerprint density at radius 2 is 2.41 bits per heavy atom. The van der Waals surface area contributed by atoms with Crippen LogP contribution in [0.3, 0.4) is 0 Å². The van der Waals surface area contributed by atoms with E-state index in [2.05, 4.69) is 21.7 Å². The second kappa shape index (κ2) is 5.55. The predicted octanol–water partition coefficient (Wildman–Crippen LogP) is 0.111. The number of urea groups is 1. The number of carbonyl (C=O) groups excluding carboxylic acids is 1. The lowest BCUT2D eigenvalue weighted by molar-refractivity contribution is -0.137. The zero-order valence-electron chi connectivity index (χ0n) is 9.17. The zero-order chi connectivity index (χ0) is 12.8. The second-order valence-electron chi connectivity index (χ2n) is 3.31. The van der Waals surface area contributed by atoms with Crippen molar-refractivity contribution >= 4 is 17.7 Å². The number of aromatic nitrogens is 2. The maximum atomic E-state index is 11.3. The quantitative estimate of drug-likeness (QED) is 0.646. The Morgan fingerprint density at radius 3 is 3.00 bits per heavy atom. The first-order valence-electron chi connectivity index (χ1n) is 4.79. The molecule has 0 spiro atoms.